The molecule has 1 rings (SSSR count). The number of nitro groups is 3. The van der Waals surface area contributed by atoms with Gasteiger partial charge in [0.1, 0.15) is 5.56 Å². The summed E-state index contributed by atoms with van der Waals surface area (Å²) in [5.41, 5.74) is 10.4. The molecule has 0 radical (unpaired) electrons. The van der Waals surface area contributed by atoms with Crippen molar-refractivity contribution < 1.29 is 14.8 Å². The predicted molar refractivity (Wildman–Crippen MR) is 68.8 cm³/mol. The molecule has 15 nitrogen and oxygen atoms in total. The molecule has 0 saturated carbocycles. The van der Waals surface area contributed by atoms with Gasteiger partial charge >= 0.3 is 5.69 Å². The van der Waals surface area contributed by atoms with Crippen LogP contribution in [0.15, 0.2) is 10.2 Å². The molecule has 112 valence electrons. The van der Waals surface area contributed by atoms with Gasteiger partial charge in [0, 0.05) is 9.82 Å². The molecule has 0 fully saturated rings. The molecule has 0 aliphatic heterocycles. The molecule has 0 heterocycles. The van der Waals surface area contributed by atoms with Gasteiger partial charge in [0.25, 0.3) is 11.4 Å². The van der Waals surface area contributed by atoms with Crippen molar-refractivity contribution in [1.82, 2.24) is 0 Å². The molecule has 0 spiro atoms. The van der Waals surface area contributed by atoms with Crippen molar-refractivity contribution in [3.05, 3.63) is 56.8 Å². The number of hydrogen-bond acceptors (Lipinski definition) is 8. The van der Waals surface area contributed by atoms with Gasteiger partial charge in [0.05, 0.1) is 14.8 Å². The Bertz CT molecular complexity index is 746. The highest BCUT2D eigenvalue weighted by molar-refractivity contribution is 5.89. The Hall–Kier alpha value is -3.96. The lowest BCUT2D eigenvalue weighted by Crippen LogP contribution is -2.02. The van der Waals surface area contributed by atoms with Crippen molar-refractivity contribution in [1.29, 1.82) is 0 Å². The van der Waals surface area contributed by atoms with E-state index in [-0.39, 0.29) is 0 Å². The summed E-state index contributed by atoms with van der Waals surface area (Å²) >= 11 is 0. The topological polar surface area (TPSA) is 227 Å². The van der Waals surface area contributed by atoms with Crippen LogP contribution in [0.25, 0.3) is 20.9 Å². The number of rotatable bonds is 5. The molecule has 1 aromatic carbocycles. The summed E-state index contributed by atoms with van der Waals surface area (Å²) in [7, 11) is 0. The Morgan fingerprint density at radius 2 is 1.14 bits per heavy atom. The standard InChI is InChI=1S/C7H3N9O6/c1-2-5(14(17)18)3(10-12-8)7(16(21)22)4(11-13-9)6(2)15(19)20/h1H3. The van der Waals surface area contributed by atoms with E-state index in [2.05, 4.69) is 20.1 Å². The molecule has 0 aliphatic rings. The Labute approximate surface area is 118 Å². The first-order valence-corrected chi connectivity index (χ1v) is 5.01. The zero-order chi connectivity index (χ0) is 17.0. The third-order valence-electron chi connectivity index (χ3n) is 2.44. The Kier molecular flexibility index (Phi) is 4.39. The maximum Gasteiger partial charge on any atom is 0.302 e. The molecule has 0 saturated heterocycles. The largest absolute Gasteiger partial charge is 0.302 e. The average molecular weight is 309 g/mol. The van der Waals surface area contributed by atoms with Crippen LogP contribution in [0.3, 0.4) is 0 Å². The SMILES string of the molecule is Cc1c([N+](=O)[O-])c(N=[N+]=[N-])c([N+](=O)[O-])c(N=[N+]=[N-])c1[N+](=O)[O-]. The summed E-state index contributed by atoms with van der Waals surface area (Å²) in [6.07, 6.45) is 0. The molecule has 0 aromatic heterocycles. The molecule has 0 bridgehead atoms. The molecule has 0 unspecified atom stereocenters. The fourth-order valence-electron chi connectivity index (χ4n) is 1.70. The molecular formula is C7H3N9O6. The lowest BCUT2D eigenvalue weighted by atomic mass is 10.1. The molecule has 0 atom stereocenters. The molecule has 15 heteroatoms. The van der Waals surface area contributed by atoms with Crippen LogP contribution in [0.2, 0.25) is 0 Å². The van der Waals surface area contributed by atoms with Crippen molar-refractivity contribution in [2.24, 2.45) is 10.2 Å². The summed E-state index contributed by atoms with van der Waals surface area (Å²) in [4.78, 5) is 33.9. The van der Waals surface area contributed by atoms with Crippen LogP contribution in [-0.2, 0) is 0 Å². The van der Waals surface area contributed by atoms with E-state index in [0.29, 0.717) is 0 Å². The number of azide groups is 2. The monoisotopic (exact) mass is 309 g/mol. The summed E-state index contributed by atoms with van der Waals surface area (Å²) in [5, 5.41) is 38.8. The Morgan fingerprint density at radius 3 is 1.36 bits per heavy atom. The fourth-order valence-corrected chi connectivity index (χ4v) is 1.70. The van der Waals surface area contributed by atoms with Crippen LogP contribution >= 0.6 is 0 Å². The minimum atomic E-state index is -1.32. The lowest BCUT2D eigenvalue weighted by Gasteiger charge is -2.06. The van der Waals surface area contributed by atoms with E-state index in [0.717, 1.165) is 6.92 Å². The van der Waals surface area contributed by atoms with Crippen molar-refractivity contribution in [3.63, 3.8) is 0 Å². The third kappa shape index (κ3) is 2.51. The van der Waals surface area contributed by atoms with Crippen molar-refractivity contribution in [2.45, 2.75) is 6.92 Å². The van der Waals surface area contributed by atoms with Crippen LogP contribution in [-0.4, -0.2) is 14.8 Å². The van der Waals surface area contributed by atoms with Gasteiger partial charge in [-0.25, -0.2) is 0 Å². The van der Waals surface area contributed by atoms with E-state index < -0.39 is 48.8 Å². The van der Waals surface area contributed by atoms with Crippen LogP contribution in [0.4, 0.5) is 28.4 Å². The molecular weight excluding hydrogens is 306 g/mol. The second-order valence-electron chi connectivity index (χ2n) is 3.52. The Balaban J connectivity index is 4.29. The predicted octanol–water partition coefficient (Wildman–Crippen LogP) is 3.60. The smallest absolute Gasteiger partial charge is 0.258 e. The van der Waals surface area contributed by atoms with E-state index in [1.807, 2.05) is 0 Å². The van der Waals surface area contributed by atoms with Gasteiger partial charge in [-0.15, -0.1) is 0 Å². The third-order valence-corrected chi connectivity index (χ3v) is 2.44. The van der Waals surface area contributed by atoms with Gasteiger partial charge in [-0.1, -0.05) is 0 Å². The first-order valence-electron chi connectivity index (χ1n) is 5.01. The van der Waals surface area contributed by atoms with E-state index in [1.165, 1.54) is 0 Å². The van der Waals surface area contributed by atoms with Gasteiger partial charge < -0.3 is 0 Å². The van der Waals surface area contributed by atoms with E-state index in [1.54, 1.807) is 0 Å². The van der Waals surface area contributed by atoms with Crippen LogP contribution in [0, 0.1) is 37.3 Å². The van der Waals surface area contributed by atoms with Gasteiger partial charge in [-0.05, 0) is 28.2 Å². The minimum Gasteiger partial charge on any atom is -0.258 e. The van der Waals surface area contributed by atoms with E-state index in [9.17, 15) is 30.3 Å². The summed E-state index contributed by atoms with van der Waals surface area (Å²) in [5.74, 6) is 0. The van der Waals surface area contributed by atoms with Crippen LogP contribution in [0.1, 0.15) is 5.56 Å². The number of nitro benzene ring substituents is 3. The van der Waals surface area contributed by atoms with Crippen molar-refractivity contribution in [3.8, 4) is 0 Å². The maximum absolute atomic E-state index is 11.0. The highest BCUT2D eigenvalue weighted by atomic mass is 16.6. The number of hydrogen-bond donors (Lipinski definition) is 0. The molecule has 1 aromatic rings. The first-order chi connectivity index (χ1) is 10.3. The lowest BCUT2D eigenvalue weighted by molar-refractivity contribution is -0.401. The fraction of sp³-hybridized carbons (Fsp3) is 0.143. The van der Waals surface area contributed by atoms with E-state index in [4.69, 9.17) is 11.1 Å². The zero-order valence-electron chi connectivity index (χ0n) is 10.5. The maximum atomic E-state index is 11.0. The summed E-state index contributed by atoms with van der Waals surface area (Å²) in [6, 6.07) is 0. The van der Waals surface area contributed by atoms with Gasteiger partial charge in [-0.3, -0.25) is 30.3 Å². The second-order valence-corrected chi connectivity index (χ2v) is 3.52. The van der Waals surface area contributed by atoms with Crippen molar-refractivity contribution in [2.75, 3.05) is 0 Å². The summed E-state index contributed by atoms with van der Waals surface area (Å²) in [6.45, 7) is 0.910. The Morgan fingerprint density at radius 1 is 0.818 bits per heavy atom. The van der Waals surface area contributed by atoms with Crippen LogP contribution < -0.4 is 0 Å². The number of benzene rings is 1. The van der Waals surface area contributed by atoms with Gasteiger partial charge in [0.2, 0.25) is 0 Å². The summed E-state index contributed by atoms with van der Waals surface area (Å²) < 4.78 is 0. The highest BCUT2D eigenvalue weighted by Crippen LogP contribution is 2.52. The normalized spacial score (nSPS) is 9.32. The first kappa shape index (κ1) is 16.1. The number of nitrogens with zero attached hydrogens (tertiary/aromatic N) is 9. The van der Waals surface area contributed by atoms with Crippen molar-refractivity contribution >= 4 is 28.4 Å². The van der Waals surface area contributed by atoms with Gasteiger partial charge in [0.15, 0.2) is 11.4 Å². The van der Waals surface area contributed by atoms with Gasteiger partial charge in [-0.2, -0.15) is 0 Å². The second kappa shape index (κ2) is 6.00. The molecule has 22 heavy (non-hydrogen) atoms. The molecule has 0 aliphatic carbocycles. The molecule has 0 N–H and O–H groups in total. The quantitative estimate of drug-likeness (QED) is 0.259. The highest BCUT2D eigenvalue weighted by Gasteiger charge is 2.39. The molecule has 0 amide bonds. The minimum absolute atomic E-state index is 0.648. The van der Waals surface area contributed by atoms with E-state index >= 15 is 0 Å². The zero-order valence-corrected chi connectivity index (χ0v) is 10.5. The average Bonchev–Trinajstić information content (AvgIpc) is 2.37. The van der Waals surface area contributed by atoms with Crippen LogP contribution in [0.5, 0.6) is 0 Å².